The smallest absolute Gasteiger partial charge is 0.135 e. The van der Waals surface area contributed by atoms with E-state index in [1.54, 1.807) is 6.20 Å². The first-order chi connectivity index (χ1) is 35.0. The molecular weight excluding hydrogens is 1020 g/mol. The van der Waals surface area contributed by atoms with Crippen molar-refractivity contribution in [3.63, 3.8) is 0 Å². The van der Waals surface area contributed by atoms with E-state index >= 15 is 0 Å². The normalized spacial score (nSPS) is 13.6. The van der Waals surface area contributed by atoms with Gasteiger partial charge < -0.3 is 19.1 Å². The van der Waals surface area contributed by atoms with Gasteiger partial charge in [0, 0.05) is 78.0 Å². The first-order valence-electron chi connectivity index (χ1n) is 25.5. The summed E-state index contributed by atoms with van der Waals surface area (Å²) in [6, 6.07) is 57.8. The Bertz CT molecular complexity index is 3750. The number of hydrogen-bond acceptors (Lipinski definition) is 4. The van der Waals surface area contributed by atoms with Crippen LogP contribution in [0.3, 0.4) is 0 Å². The molecule has 0 saturated carbocycles. The second-order valence-corrected chi connectivity index (χ2v) is 19.5. The number of nitrogens with zero attached hydrogens (tertiary/aromatic N) is 4. The van der Waals surface area contributed by atoms with Gasteiger partial charge in [0.1, 0.15) is 5.82 Å². The summed E-state index contributed by atoms with van der Waals surface area (Å²) in [4.78, 5) is 9.49. The Kier molecular flexibility index (Phi) is 10.4. The number of fused-ring (bicyclic) bond motifs is 4. The molecule has 0 saturated heterocycles. The molecule has 0 aliphatic carbocycles. The molecule has 1 aliphatic rings. The minimum Gasteiger partial charge on any atom is -0.509 e. The van der Waals surface area contributed by atoms with Gasteiger partial charge in [0.05, 0.1) is 6.85 Å². The molecule has 6 heteroatoms. The van der Waals surface area contributed by atoms with Gasteiger partial charge in [-0.1, -0.05) is 174 Å². The van der Waals surface area contributed by atoms with E-state index in [1.165, 1.54) is 11.1 Å². The maximum Gasteiger partial charge on any atom is 0.135 e. The van der Waals surface area contributed by atoms with Crippen molar-refractivity contribution in [2.24, 2.45) is 0 Å². The largest absolute Gasteiger partial charge is 0.509 e. The molecule has 69 heavy (non-hydrogen) atoms. The molecule has 0 amide bonds. The predicted octanol–water partition coefficient (Wildman–Crippen LogP) is 16.9. The molecular formula is C63H53N4OPt-3. The molecule has 344 valence electrons. The first kappa shape index (κ1) is 39.8. The topological polar surface area (TPSA) is 33.5 Å². The van der Waals surface area contributed by atoms with E-state index in [4.69, 9.17) is 16.6 Å². The maximum atomic E-state index is 8.71. The van der Waals surface area contributed by atoms with Crippen LogP contribution in [0, 0.1) is 25.7 Å². The Labute approximate surface area is 428 Å². The summed E-state index contributed by atoms with van der Waals surface area (Å²) in [7, 11) is 0. The van der Waals surface area contributed by atoms with Crippen molar-refractivity contribution in [2.75, 3.05) is 9.80 Å². The molecule has 10 aromatic rings. The summed E-state index contributed by atoms with van der Waals surface area (Å²) < 4.78 is 51.1. The maximum absolute atomic E-state index is 8.71. The van der Waals surface area contributed by atoms with Gasteiger partial charge in [-0.3, -0.25) is 0 Å². The van der Waals surface area contributed by atoms with E-state index in [2.05, 4.69) is 178 Å². The third-order valence-electron chi connectivity index (χ3n) is 12.8. The van der Waals surface area contributed by atoms with Crippen LogP contribution in [0.5, 0.6) is 11.5 Å². The molecule has 0 bridgehead atoms. The SMILES string of the molecule is [2H]c1c([2H])c([2H])c(-c2cnc(-n3c4[c-]c(Oc5[c-]c(N6[CH-]N(c7cc(C(C)(C)C)cc(C(C)(C)C)c7)c7c(-c8ccccc8)cccc76)ccc5)ccc4c4cccc(-c5ccccc5)c43)cc2C)c([2H])c1[2H].[Pt]. The van der Waals surface area contributed by atoms with Crippen LogP contribution in [0.1, 0.15) is 65.1 Å². The molecule has 0 unspecified atom stereocenters. The van der Waals surface area contributed by atoms with Crippen molar-refractivity contribution in [2.45, 2.75) is 59.3 Å². The molecule has 11 rings (SSSR count). The van der Waals surface area contributed by atoms with Crippen LogP contribution < -0.4 is 14.5 Å². The number of rotatable bonds is 8. The van der Waals surface area contributed by atoms with Gasteiger partial charge in [-0.25, -0.2) is 4.98 Å². The number of aromatic nitrogens is 2. The zero-order chi connectivity index (χ0) is 51.1. The van der Waals surface area contributed by atoms with E-state index in [0.29, 0.717) is 28.4 Å². The van der Waals surface area contributed by atoms with Gasteiger partial charge in [-0.05, 0) is 80.8 Å². The quantitative estimate of drug-likeness (QED) is 0.142. The van der Waals surface area contributed by atoms with Crippen LogP contribution >= 0.6 is 0 Å². The summed E-state index contributed by atoms with van der Waals surface area (Å²) in [5, 5.41) is 1.93. The molecule has 0 spiro atoms. The zero-order valence-corrected chi connectivity index (χ0v) is 41.9. The van der Waals surface area contributed by atoms with Gasteiger partial charge in [0.25, 0.3) is 0 Å². The van der Waals surface area contributed by atoms with Gasteiger partial charge >= 0.3 is 0 Å². The van der Waals surface area contributed by atoms with E-state index < -0.39 is 18.1 Å². The van der Waals surface area contributed by atoms with Crippen LogP contribution in [-0.2, 0) is 31.9 Å². The number of anilines is 4. The van der Waals surface area contributed by atoms with Crippen LogP contribution in [0.15, 0.2) is 188 Å². The van der Waals surface area contributed by atoms with Gasteiger partial charge in [0.15, 0.2) is 0 Å². The molecule has 2 aromatic heterocycles. The molecule has 8 aromatic carbocycles. The summed E-state index contributed by atoms with van der Waals surface area (Å²) in [5.41, 5.74) is 13.5. The van der Waals surface area contributed by atoms with Crippen LogP contribution in [-0.4, -0.2) is 9.55 Å². The van der Waals surface area contributed by atoms with Crippen LogP contribution in [0.25, 0.3) is 61.0 Å². The van der Waals surface area contributed by atoms with Crippen molar-refractivity contribution in [1.82, 2.24) is 9.55 Å². The number of ether oxygens (including phenoxy) is 1. The minimum atomic E-state index is -0.436. The number of para-hydroxylation sites is 2. The zero-order valence-electron chi connectivity index (χ0n) is 44.6. The fourth-order valence-corrected chi connectivity index (χ4v) is 9.24. The van der Waals surface area contributed by atoms with Crippen molar-refractivity contribution in [3.8, 4) is 50.7 Å². The van der Waals surface area contributed by atoms with Gasteiger partial charge in [-0.2, -0.15) is 12.1 Å². The average Bonchev–Trinajstić information content (AvgIpc) is 3.94. The fraction of sp³-hybridized carbons (Fsp3) is 0.143. The third-order valence-corrected chi connectivity index (χ3v) is 12.8. The Morgan fingerprint density at radius 1 is 0.580 bits per heavy atom. The first-order valence-corrected chi connectivity index (χ1v) is 23.0. The fourth-order valence-electron chi connectivity index (χ4n) is 9.24. The van der Waals surface area contributed by atoms with Crippen molar-refractivity contribution in [3.05, 3.63) is 224 Å². The predicted molar refractivity (Wildman–Crippen MR) is 283 cm³/mol. The van der Waals surface area contributed by atoms with E-state index in [0.717, 1.165) is 66.8 Å². The molecule has 1 aliphatic heterocycles. The molecule has 0 atom stereocenters. The summed E-state index contributed by atoms with van der Waals surface area (Å²) in [5.74, 6) is 1.56. The number of hydrogen-bond donors (Lipinski definition) is 0. The van der Waals surface area contributed by atoms with Crippen LogP contribution in [0.4, 0.5) is 22.7 Å². The molecule has 0 fully saturated rings. The molecule has 3 heterocycles. The van der Waals surface area contributed by atoms with Crippen molar-refractivity contribution < 1.29 is 32.7 Å². The molecule has 0 N–H and O–H groups in total. The summed E-state index contributed by atoms with van der Waals surface area (Å²) in [6.45, 7) is 17.7. The molecule has 5 nitrogen and oxygen atoms in total. The Hall–Kier alpha value is -7.20. The van der Waals surface area contributed by atoms with E-state index in [9.17, 15) is 0 Å². The second-order valence-electron chi connectivity index (χ2n) is 19.5. The standard InChI is InChI=1S/C63H53N4O.Pt/c1-42-34-59(64-40-56(42)45-24-15-10-16-25-45)67-58-39-51(32-33-54(58)55-30-18-28-52(60(55)67)43-20-11-8-12-21-43)68-50-27-17-26-48(38-50)65-41-66(49-36-46(62(2,3)4)35-47(37-49)63(5,6)7)61-53(29-19-31-57(61)65)44-22-13-9-14-23-44;/h8-37,40-41H,1-7H3;/q-3;/i10D,15D,16D,24D,25D;. The summed E-state index contributed by atoms with van der Waals surface area (Å²) in [6.07, 6.45) is 1.60. The van der Waals surface area contributed by atoms with E-state index in [-0.39, 0.29) is 49.5 Å². The van der Waals surface area contributed by atoms with Crippen molar-refractivity contribution >= 4 is 44.6 Å². The van der Waals surface area contributed by atoms with Gasteiger partial charge in [-0.15, -0.1) is 48.1 Å². The van der Waals surface area contributed by atoms with Crippen molar-refractivity contribution in [1.29, 1.82) is 0 Å². The minimum absolute atomic E-state index is 0. The third kappa shape index (κ3) is 8.55. The average molecular weight is 1080 g/mol. The number of aryl methyl sites for hydroxylation is 1. The van der Waals surface area contributed by atoms with E-state index in [1.807, 2.05) is 55.5 Å². The number of pyridine rings is 1. The molecule has 0 radical (unpaired) electrons. The summed E-state index contributed by atoms with van der Waals surface area (Å²) >= 11 is 0. The monoisotopic (exact) mass is 1080 g/mol. The Morgan fingerprint density at radius 2 is 1.22 bits per heavy atom. The second kappa shape index (κ2) is 18.0. The van der Waals surface area contributed by atoms with Crippen LogP contribution in [0.2, 0.25) is 0 Å². The Morgan fingerprint density at radius 3 is 1.90 bits per heavy atom. The van der Waals surface area contributed by atoms with Gasteiger partial charge in [0.2, 0.25) is 0 Å². The Balaban J connectivity index is 0.00000626. The number of benzene rings is 8.